The first-order chi connectivity index (χ1) is 10.9. The van der Waals surface area contributed by atoms with Crippen molar-refractivity contribution in [2.24, 2.45) is 0 Å². The molecule has 5 nitrogen and oxygen atoms in total. The van der Waals surface area contributed by atoms with Gasteiger partial charge in [0.25, 0.3) is 10.0 Å². The van der Waals surface area contributed by atoms with Gasteiger partial charge in [0.2, 0.25) is 0 Å². The van der Waals surface area contributed by atoms with Crippen LogP contribution in [0.4, 0.5) is 0 Å². The molecule has 1 aliphatic rings. The number of fused-ring (bicyclic) bond motifs is 1. The van der Waals surface area contributed by atoms with Crippen molar-refractivity contribution in [3.05, 3.63) is 38.9 Å². The third-order valence-corrected chi connectivity index (χ3v) is 8.42. The first kappa shape index (κ1) is 16.6. The van der Waals surface area contributed by atoms with Crippen molar-refractivity contribution >= 4 is 38.7 Å². The van der Waals surface area contributed by atoms with Gasteiger partial charge in [0.15, 0.2) is 0 Å². The van der Waals surface area contributed by atoms with Crippen LogP contribution in [-0.4, -0.2) is 30.3 Å². The van der Waals surface area contributed by atoms with Crippen LogP contribution in [0.5, 0.6) is 0 Å². The molecule has 2 aromatic rings. The first-order valence-corrected chi connectivity index (χ1v) is 10.5. The van der Waals surface area contributed by atoms with E-state index in [0.29, 0.717) is 11.4 Å². The van der Waals surface area contributed by atoms with Gasteiger partial charge in [-0.25, -0.2) is 8.42 Å². The van der Waals surface area contributed by atoms with Crippen molar-refractivity contribution in [1.29, 1.82) is 0 Å². The van der Waals surface area contributed by atoms with E-state index in [1.807, 2.05) is 18.4 Å². The van der Waals surface area contributed by atoms with E-state index >= 15 is 0 Å². The highest BCUT2D eigenvalue weighted by atomic mass is 32.2. The van der Waals surface area contributed by atoms with Gasteiger partial charge < -0.3 is 5.11 Å². The van der Waals surface area contributed by atoms with Gasteiger partial charge in [-0.15, -0.1) is 22.7 Å². The van der Waals surface area contributed by atoms with Gasteiger partial charge in [0, 0.05) is 16.3 Å². The summed E-state index contributed by atoms with van der Waals surface area (Å²) in [7, 11) is -3.60. The summed E-state index contributed by atoms with van der Waals surface area (Å²) in [6.07, 6.45) is 1.30. The van der Waals surface area contributed by atoms with Crippen LogP contribution in [0.15, 0.2) is 27.8 Å². The Morgan fingerprint density at radius 2 is 2.17 bits per heavy atom. The molecule has 3 rings (SSSR count). The van der Waals surface area contributed by atoms with Crippen molar-refractivity contribution in [1.82, 2.24) is 4.31 Å². The number of rotatable bonds is 5. The minimum absolute atomic E-state index is 0.139. The van der Waals surface area contributed by atoms with Crippen LogP contribution in [0.25, 0.3) is 0 Å². The molecular weight excluding hydrogens is 354 g/mol. The van der Waals surface area contributed by atoms with E-state index in [1.54, 1.807) is 21.7 Å². The molecule has 0 fully saturated rings. The zero-order chi connectivity index (χ0) is 16.6. The van der Waals surface area contributed by atoms with Gasteiger partial charge in [0.05, 0.1) is 12.5 Å². The molecule has 1 aliphatic heterocycles. The van der Waals surface area contributed by atoms with Gasteiger partial charge in [-0.3, -0.25) is 4.79 Å². The molecule has 8 heteroatoms. The van der Waals surface area contributed by atoms with Gasteiger partial charge >= 0.3 is 5.97 Å². The third-order valence-electron chi connectivity index (χ3n) is 3.96. The van der Waals surface area contributed by atoms with Crippen LogP contribution >= 0.6 is 22.7 Å². The second-order valence-corrected chi connectivity index (χ2v) is 9.67. The highest BCUT2D eigenvalue weighted by Crippen LogP contribution is 2.39. The Kier molecular flexibility index (Phi) is 4.59. The average Bonchev–Trinajstić information content (AvgIpc) is 3.14. The molecule has 0 bridgehead atoms. The maximum absolute atomic E-state index is 13.0. The minimum Gasteiger partial charge on any atom is -0.481 e. The quantitative estimate of drug-likeness (QED) is 0.876. The Morgan fingerprint density at radius 1 is 1.39 bits per heavy atom. The molecule has 2 aromatic heterocycles. The third kappa shape index (κ3) is 3.08. The average molecular weight is 372 g/mol. The Morgan fingerprint density at radius 3 is 2.87 bits per heavy atom. The van der Waals surface area contributed by atoms with Gasteiger partial charge in [0.1, 0.15) is 4.21 Å². The minimum atomic E-state index is -3.60. The molecule has 0 aliphatic carbocycles. The molecule has 3 heterocycles. The van der Waals surface area contributed by atoms with Gasteiger partial charge in [-0.05, 0) is 42.0 Å². The van der Waals surface area contributed by atoms with E-state index in [4.69, 9.17) is 5.11 Å². The summed E-state index contributed by atoms with van der Waals surface area (Å²) in [5.41, 5.74) is 1.11. The molecule has 0 radical (unpaired) electrons. The lowest BCUT2D eigenvalue weighted by molar-refractivity contribution is -0.136. The van der Waals surface area contributed by atoms with E-state index in [1.165, 1.54) is 10.9 Å². The van der Waals surface area contributed by atoms with Crippen molar-refractivity contribution < 1.29 is 18.3 Å². The van der Waals surface area contributed by atoms with Gasteiger partial charge in [-0.1, -0.05) is 6.92 Å². The topological polar surface area (TPSA) is 74.7 Å². The first-order valence-electron chi connectivity index (χ1n) is 7.32. The van der Waals surface area contributed by atoms with Crippen LogP contribution < -0.4 is 0 Å². The number of aliphatic carboxylic acids is 1. The zero-order valence-electron chi connectivity index (χ0n) is 12.6. The van der Waals surface area contributed by atoms with Crippen molar-refractivity contribution in [2.75, 3.05) is 6.54 Å². The molecule has 0 spiro atoms. The van der Waals surface area contributed by atoms with E-state index in [9.17, 15) is 13.2 Å². The number of hydrogen-bond acceptors (Lipinski definition) is 5. The fraction of sp³-hybridized carbons (Fsp3) is 0.400. The summed E-state index contributed by atoms with van der Waals surface area (Å²) in [5, 5.41) is 10.9. The SMILES string of the molecule is CCC1c2ccsc2CCN1S(=O)(=O)c1ccc(CC(=O)O)s1. The summed E-state index contributed by atoms with van der Waals surface area (Å²) in [6.45, 7) is 2.46. The normalized spacial score (nSPS) is 18.7. The lowest BCUT2D eigenvalue weighted by Gasteiger charge is -2.33. The maximum atomic E-state index is 13.0. The fourth-order valence-corrected chi connectivity index (χ4v) is 7.03. The Labute approximate surface area is 143 Å². The predicted molar refractivity (Wildman–Crippen MR) is 90.6 cm³/mol. The summed E-state index contributed by atoms with van der Waals surface area (Å²) in [6, 6.07) is 4.99. The standard InChI is InChI=1S/C15H17NO4S3/c1-2-12-11-6-8-21-13(11)5-7-16(12)23(19,20)15-4-3-10(22-15)9-14(17)18/h3-4,6,8,12H,2,5,7,9H2,1H3,(H,17,18). The molecule has 0 saturated heterocycles. The molecule has 1 atom stereocenters. The second-order valence-electron chi connectivity index (χ2n) is 5.38. The molecule has 23 heavy (non-hydrogen) atoms. The van der Waals surface area contributed by atoms with Gasteiger partial charge in [-0.2, -0.15) is 4.31 Å². The molecule has 1 unspecified atom stereocenters. The van der Waals surface area contributed by atoms with E-state index < -0.39 is 16.0 Å². The highest BCUT2D eigenvalue weighted by Gasteiger charge is 2.36. The monoisotopic (exact) mass is 371 g/mol. The van der Waals surface area contributed by atoms with Crippen molar-refractivity contribution in [2.45, 2.75) is 36.4 Å². The molecular formula is C15H17NO4S3. The van der Waals surface area contributed by atoms with Crippen molar-refractivity contribution in [3.63, 3.8) is 0 Å². The molecule has 0 saturated carbocycles. The Hall–Kier alpha value is -1.22. The largest absolute Gasteiger partial charge is 0.481 e. The van der Waals surface area contributed by atoms with E-state index in [2.05, 4.69) is 0 Å². The summed E-state index contributed by atoms with van der Waals surface area (Å²) in [5.74, 6) is -0.955. The van der Waals surface area contributed by atoms with E-state index in [-0.39, 0.29) is 16.7 Å². The number of nitrogens with zero attached hydrogens (tertiary/aromatic N) is 1. The smallest absolute Gasteiger partial charge is 0.308 e. The number of sulfonamides is 1. The van der Waals surface area contributed by atoms with Crippen LogP contribution in [0.1, 0.15) is 34.7 Å². The second kappa shape index (κ2) is 6.35. The lowest BCUT2D eigenvalue weighted by atomic mass is 10.0. The summed E-state index contributed by atoms with van der Waals surface area (Å²) in [4.78, 5) is 12.6. The number of hydrogen-bond donors (Lipinski definition) is 1. The molecule has 124 valence electrons. The molecule has 0 amide bonds. The Bertz CT molecular complexity index is 821. The number of carboxylic acid groups (broad SMARTS) is 1. The number of carbonyl (C=O) groups is 1. The zero-order valence-corrected chi connectivity index (χ0v) is 15.0. The maximum Gasteiger partial charge on any atom is 0.308 e. The number of thiophene rings is 2. The van der Waals surface area contributed by atoms with Crippen LogP contribution in [0.3, 0.4) is 0 Å². The lowest BCUT2D eigenvalue weighted by Crippen LogP contribution is -2.38. The van der Waals surface area contributed by atoms with Crippen LogP contribution in [-0.2, 0) is 27.7 Å². The van der Waals surface area contributed by atoms with Crippen molar-refractivity contribution in [3.8, 4) is 0 Å². The van der Waals surface area contributed by atoms with Crippen LogP contribution in [0, 0.1) is 0 Å². The predicted octanol–water partition coefficient (Wildman–Crippen LogP) is 3.13. The highest BCUT2D eigenvalue weighted by molar-refractivity contribution is 7.91. The summed E-state index contributed by atoms with van der Waals surface area (Å²) >= 11 is 2.73. The number of carboxylic acids is 1. The summed E-state index contributed by atoms with van der Waals surface area (Å²) < 4.78 is 27.8. The van der Waals surface area contributed by atoms with Crippen LogP contribution in [0.2, 0.25) is 0 Å². The van der Waals surface area contributed by atoms with E-state index in [0.717, 1.165) is 29.7 Å². The molecule has 1 N–H and O–H groups in total. The fourth-order valence-electron chi connectivity index (χ4n) is 2.94. The Balaban J connectivity index is 1.93. The molecule has 0 aromatic carbocycles.